The Morgan fingerprint density at radius 2 is 2.04 bits per heavy atom. The van der Waals surface area contributed by atoms with Crippen LogP contribution < -0.4 is 9.64 Å². The Kier molecular flexibility index (Phi) is 4.33. The van der Waals surface area contributed by atoms with E-state index < -0.39 is 0 Å². The zero-order valence-electron chi connectivity index (χ0n) is 14.0. The van der Waals surface area contributed by atoms with Crippen molar-refractivity contribution in [1.29, 1.82) is 0 Å². The van der Waals surface area contributed by atoms with E-state index in [1.54, 1.807) is 24.7 Å². The number of carbonyl (C=O) groups is 1. The van der Waals surface area contributed by atoms with Crippen LogP contribution in [0.25, 0.3) is 6.08 Å². The average Bonchev–Trinajstić information content (AvgIpc) is 3.15. The number of amides is 1. The fourth-order valence-electron chi connectivity index (χ4n) is 3.19. The van der Waals surface area contributed by atoms with Gasteiger partial charge >= 0.3 is 0 Å². The number of ether oxygens (including phenoxy) is 1. The lowest BCUT2D eigenvalue weighted by molar-refractivity contribution is -0.126. The summed E-state index contributed by atoms with van der Waals surface area (Å²) >= 11 is 0. The first-order valence-electron chi connectivity index (χ1n) is 8.53. The Labute approximate surface area is 146 Å². The molecule has 1 aromatic carbocycles. The number of anilines is 1. The van der Waals surface area contributed by atoms with Crippen LogP contribution in [0.2, 0.25) is 0 Å². The molecule has 0 bridgehead atoms. The molecule has 0 unspecified atom stereocenters. The predicted octanol–water partition coefficient (Wildman–Crippen LogP) is 1.77. The van der Waals surface area contributed by atoms with E-state index in [9.17, 15) is 4.79 Å². The summed E-state index contributed by atoms with van der Waals surface area (Å²) in [7, 11) is 0. The van der Waals surface area contributed by atoms with Crippen LogP contribution in [0.5, 0.6) is 5.75 Å². The van der Waals surface area contributed by atoms with Gasteiger partial charge in [0.05, 0.1) is 12.8 Å². The molecule has 1 fully saturated rings. The fourth-order valence-corrected chi connectivity index (χ4v) is 3.19. The molecule has 0 atom stereocenters. The van der Waals surface area contributed by atoms with Crippen LogP contribution in [0.4, 0.5) is 5.82 Å². The van der Waals surface area contributed by atoms with Gasteiger partial charge in [-0.05, 0) is 29.3 Å². The lowest BCUT2D eigenvalue weighted by Crippen LogP contribution is -2.48. The first kappa shape index (κ1) is 15.6. The van der Waals surface area contributed by atoms with Gasteiger partial charge in [-0.2, -0.15) is 0 Å². The Morgan fingerprint density at radius 1 is 1.16 bits per heavy atom. The van der Waals surface area contributed by atoms with E-state index in [0.717, 1.165) is 43.2 Å². The van der Waals surface area contributed by atoms with Crippen molar-refractivity contribution in [2.24, 2.45) is 0 Å². The van der Waals surface area contributed by atoms with Gasteiger partial charge in [-0.1, -0.05) is 6.07 Å². The molecule has 0 radical (unpaired) electrons. The van der Waals surface area contributed by atoms with Crippen molar-refractivity contribution in [3.8, 4) is 5.75 Å². The van der Waals surface area contributed by atoms with E-state index >= 15 is 0 Å². The van der Waals surface area contributed by atoms with Gasteiger partial charge in [-0.15, -0.1) is 0 Å². The molecule has 4 rings (SSSR count). The first-order valence-corrected chi connectivity index (χ1v) is 8.53. The zero-order chi connectivity index (χ0) is 17.1. The lowest BCUT2D eigenvalue weighted by Gasteiger charge is -2.34. The number of hydrogen-bond acceptors (Lipinski definition) is 5. The molecule has 2 aliphatic rings. The van der Waals surface area contributed by atoms with Crippen LogP contribution in [0.15, 0.2) is 42.9 Å². The molecule has 3 heterocycles. The zero-order valence-corrected chi connectivity index (χ0v) is 14.0. The van der Waals surface area contributed by atoms with E-state index in [0.29, 0.717) is 13.1 Å². The van der Waals surface area contributed by atoms with Crippen LogP contribution in [-0.4, -0.2) is 53.6 Å². The molecule has 128 valence electrons. The number of benzene rings is 1. The summed E-state index contributed by atoms with van der Waals surface area (Å²) in [5, 5.41) is 0. The van der Waals surface area contributed by atoms with Crippen LogP contribution in [0.1, 0.15) is 11.1 Å². The number of piperazine rings is 1. The van der Waals surface area contributed by atoms with Gasteiger partial charge in [-0.3, -0.25) is 9.78 Å². The van der Waals surface area contributed by atoms with Crippen molar-refractivity contribution in [3.05, 3.63) is 54.0 Å². The molecular formula is C19H20N4O2. The summed E-state index contributed by atoms with van der Waals surface area (Å²) < 4.78 is 5.51. The SMILES string of the molecule is O=C(/C=C/c1ccc2c(c1)CCO2)N1CCN(c2cnccn2)CC1. The van der Waals surface area contributed by atoms with Gasteiger partial charge in [0, 0.05) is 51.1 Å². The molecule has 2 aliphatic heterocycles. The van der Waals surface area contributed by atoms with E-state index in [1.807, 2.05) is 23.1 Å². The van der Waals surface area contributed by atoms with Crippen molar-refractivity contribution in [3.63, 3.8) is 0 Å². The molecule has 25 heavy (non-hydrogen) atoms. The van der Waals surface area contributed by atoms with Crippen molar-refractivity contribution in [2.45, 2.75) is 6.42 Å². The highest BCUT2D eigenvalue weighted by Crippen LogP contribution is 2.26. The second kappa shape index (κ2) is 6.93. The number of fused-ring (bicyclic) bond motifs is 1. The third kappa shape index (κ3) is 3.47. The third-order valence-corrected chi connectivity index (χ3v) is 4.60. The summed E-state index contributed by atoms with van der Waals surface area (Å²) in [6.07, 6.45) is 9.60. The molecular weight excluding hydrogens is 316 g/mol. The number of carbonyl (C=O) groups excluding carboxylic acids is 1. The number of aromatic nitrogens is 2. The Bertz CT molecular complexity index is 783. The van der Waals surface area contributed by atoms with Gasteiger partial charge in [0.1, 0.15) is 11.6 Å². The average molecular weight is 336 g/mol. The van der Waals surface area contributed by atoms with E-state index in [2.05, 4.69) is 20.9 Å². The summed E-state index contributed by atoms with van der Waals surface area (Å²) in [6, 6.07) is 6.06. The molecule has 0 N–H and O–H groups in total. The molecule has 0 aliphatic carbocycles. The molecule has 1 amide bonds. The second-order valence-electron chi connectivity index (χ2n) is 6.17. The lowest BCUT2D eigenvalue weighted by atomic mass is 10.1. The highest BCUT2D eigenvalue weighted by Gasteiger charge is 2.20. The number of rotatable bonds is 3. The minimum Gasteiger partial charge on any atom is -0.493 e. The van der Waals surface area contributed by atoms with Gasteiger partial charge < -0.3 is 14.5 Å². The summed E-state index contributed by atoms with van der Waals surface area (Å²) in [4.78, 5) is 24.9. The first-order chi connectivity index (χ1) is 12.3. The van der Waals surface area contributed by atoms with Gasteiger partial charge in [0.2, 0.25) is 5.91 Å². The van der Waals surface area contributed by atoms with E-state index in [-0.39, 0.29) is 5.91 Å². The van der Waals surface area contributed by atoms with Crippen LogP contribution in [0, 0.1) is 0 Å². The van der Waals surface area contributed by atoms with Crippen LogP contribution in [0.3, 0.4) is 0 Å². The quantitative estimate of drug-likeness (QED) is 0.800. The minimum absolute atomic E-state index is 0.0514. The normalized spacial score (nSPS) is 16.8. The Balaban J connectivity index is 1.34. The molecule has 1 saturated heterocycles. The van der Waals surface area contributed by atoms with Crippen LogP contribution in [-0.2, 0) is 11.2 Å². The second-order valence-corrected chi connectivity index (χ2v) is 6.17. The smallest absolute Gasteiger partial charge is 0.246 e. The summed E-state index contributed by atoms with van der Waals surface area (Å²) in [6.45, 7) is 3.68. The summed E-state index contributed by atoms with van der Waals surface area (Å²) in [5.41, 5.74) is 2.25. The van der Waals surface area contributed by atoms with Crippen molar-refractivity contribution in [2.75, 3.05) is 37.7 Å². The maximum absolute atomic E-state index is 12.4. The number of nitrogens with zero attached hydrogens (tertiary/aromatic N) is 4. The minimum atomic E-state index is 0.0514. The Morgan fingerprint density at radius 3 is 2.84 bits per heavy atom. The molecule has 1 aromatic heterocycles. The molecule has 2 aromatic rings. The van der Waals surface area contributed by atoms with Gasteiger partial charge in [0.15, 0.2) is 0 Å². The Hall–Kier alpha value is -2.89. The summed E-state index contributed by atoms with van der Waals surface area (Å²) in [5.74, 6) is 1.88. The maximum Gasteiger partial charge on any atom is 0.246 e. The predicted molar refractivity (Wildman–Crippen MR) is 95.5 cm³/mol. The van der Waals surface area contributed by atoms with Crippen LogP contribution >= 0.6 is 0 Å². The van der Waals surface area contributed by atoms with Crippen molar-refractivity contribution < 1.29 is 9.53 Å². The molecule has 6 nitrogen and oxygen atoms in total. The van der Waals surface area contributed by atoms with E-state index in [4.69, 9.17) is 4.74 Å². The topological polar surface area (TPSA) is 58.6 Å². The third-order valence-electron chi connectivity index (χ3n) is 4.60. The van der Waals surface area contributed by atoms with Crippen molar-refractivity contribution >= 4 is 17.8 Å². The number of hydrogen-bond donors (Lipinski definition) is 0. The highest BCUT2D eigenvalue weighted by atomic mass is 16.5. The largest absolute Gasteiger partial charge is 0.493 e. The van der Waals surface area contributed by atoms with Crippen molar-refractivity contribution in [1.82, 2.24) is 14.9 Å². The van der Waals surface area contributed by atoms with Gasteiger partial charge in [-0.25, -0.2) is 4.98 Å². The molecule has 6 heteroatoms. The highest BCUT2D eigenvalue weighted by molar-refractivity contribution is 5.92. The molecule has 0 saturated carbocycles. The fraction of sp³-hybridized carbons (Fsp3) is 0.316. The van der Waals surface area contributed by atoms with E-state index in [1.165, 1.54) is 5.56 Å². The van der Waals surface area contributed by atoms with Gasteiger partial charge in [0.25, 0.3) is 0 Å². The monoisotopic (exact) mass is 336 g/mol. The maximum atomic E-state index is 12.4. The molecule has 0 spiro atoms. The standard InChI is InChI=1S/C19H20N4O2/c24-19(4-2-15-1-3-17-16(13-15)5-12-25-17)23-10-8-22(9-11-23)18-14-20-6-7-21-18/h1-4,6-7,13-14H,5,8-12H2/b4-2+.